The van der Waals surface area contributed by atoms with Gasteiger partial charge in [-0.25, -0.2) is 20.0 Å². The summed E-state index contributed by atoms with van der Waals surface area (Å²) in [6.45, 7) is 16.1. The summed E-state index contributed by atoms with van der Waals surface area (Å²) in [5.74, 6) is 0.465. The standard InChI is InChI=1S/C26H46N7O5P/c1-9-10-11-36-25(34)26(7,8)32-39(35,38-31-21(12-18(2)3)13-19(4)5)17-37-20(6)14-33-16-30-22-23(27)28-15-29-24(22)33/h15-16,18-20H,9-14,17H2,1-8H3,(H,32,35)(H2,27,28,29)/t20-,39?/m0/s1. The Balaban J connectivity index is 2.22. The van der Waals surface area contributed by atoms with Crippen LogP contribution < -0.4 is 10.8 Å². The molecule has 0 saturated carbocycles. The molecule has 1 unspecified atom stereocenters. The molecule has 2 aromatic rings. The van der Waals surface area contributed by atoms with Crippen LogP contribution in [0.3, 0.4) is 0 Å². The van der Waals surface area contributed by atoms with Crippen LogP contribution in [0, 0.1) is 11.8 Å². The largest absolute Gasteiger partial charge is 0.464 e. The molecule has 0 bridgehead atoms. The number of anilines is 1. The lowest BCUT2D eigenvalue weighted by Gasteiger charge is -2.29. The van der Waals surface area contributed by atoms with Crippen LogP contribution in [0.2, 0.25) is 0 Å². The van der Waals surface area contributed by atoms with Gasteiger partial charge >= 0.3 is 13.5 Å². The third-order valence-corrected chi connectivity index (χ3v) is 7.43. The van der Waals surface area contributed by atoms with Gasteiger partial charge in [-0.2, -0.15) is 0 Å². The summed E-state index contributed by atoms with van der Waals surface area (Å²) in [4.78, 5) is 25.3. The van der Waals surface area contributed by atoms with E-state index in [2.05, 4.69) is 52.9 Å². The monoisotopic (exact) mass is 567 g/mol. The van der Waals surface area contributed by atoms with E-state index >= 15 is 0 Å². The first-order chi connectivity index (χ1) is 18.3. The highest BCUT2D eigenvalue weighted by atomic mass is 31.2. The number of rotatable bonds is 17. The van der Waals surface area contributed by atoms with Gasteiger partial charge in [0.15, 0.2) is 11.5 Å². The zero-order valence-electron chi connectivity index (χ0n) is 24.6. The molecule has 2 atom stereocenters. The Morgan fingerprint density at radius 3 is 2.44 bits per heavy atom. The van der Waals surface area contributed by atoms with Gasteiger partial charge in [0.1, 0.15) is 23.7 Å². The number of imidazole rings is 1. The molecule has 0 aromatic carbocycles. The predicted molar refractivity (Wildman–Crippen MR) is 153 cm³/mol. The number of oxime groups is 1. The Labute approximate surface area is 232 Å². The number of esters is 1. The Morgan fingerprint density at radius 2 is 1.82 bits per heavy atom. The highest BCUT2D eigenvalue weighted by Gasteiger charge is 2.40. The van der Waals surface area contributed by atoms with Gasteiger partial charge in [-0.05, 0) is 51.9 Å². The number of unbranched alkanes of at least 4 members (excludes halogenated alkanes) is 1. The van der Waals surface area contributed by atoms with E-state index in [0.29, 0.717) is 48.2 Å². The van der Waals surface area contributed by atoms with E-state index < -0.39 is 25.1 Å². The minimum Gasteiger partial charge on any atom is -0.464 e. The number of hydrogen-bond acceptors (Lipinski definition) is 10. The summed E-state index contributed by atoms with van der Waals surface area (Å²) < 4.78 is 32.9. The maximum atomic E-state index is 14.1. The maximum absolute atomic E-state index is 14.1. The zero-order chi connectivity index (χ0) is 29.2. The van der Waals surface area contributed by atoms with Crippen molar-refractivity contribution in [2.45, 2.75) is 99.3 Å². The Bertz CT molecular complexity index is 1140. The smallest absolute Gasteiger partial charge is 0.365 e. The number of nitrogens with zero attached hydrogens (tertiary/aromatic N) is 5. The lowest BCUT2D eigenvalue weighted by Crippen LogP contribution is -2.47. The summed E-state index contributed by atoms with van der Waals surface area (Å²) in [7, 11) is -3.81. The van der Waals surface area contributed by atoms with Crippen molar-refractivity contribution in [3.8, 4) is 0 Å². The summed E-state index contributed by atoms with van der Waals surface area (Å²) >= 11 is 0. The van der Waals surface area contributed by atoms with Crippen molar-refractivity contribution in [3.05, 3.63) is 12.7 Å². The van der Waals surface area contributed by atoms with Crippen molar-refractivity contribution in [2.75, 3.05) is 18.7 Å². The fourth-order valence-corrected chi connectivity index (χ4v) is 5.64. The van der Waals surface area contributed by atoms with Gasteiger partial charge in [0, 0.05) is 0 Å². The SMILES string of the molecule is CCCCOC(=O)C(C)(C)NP(=O)(CO[C@@H](C)Cn1cnc2c(N)ncnc21)ON=C(CC(C)C)CC(C)C. The molecule has 0 spiro atoms. The van der Waals surface area contributed by atoms with Crippen molar-refractivity contribution >= 4 is 36.2 Å². The minimum atomic E-state index is -3.81. The Morgan fingerprint density at radius 1 is 1.15 bits per heavy atom. The lowest BCUT2D eigenvalue weighted by molar-refractivity contribution is -0.149. The van der Waals surface area contributed by atoms with E-state index in [1.54, 1.807) is 24.7 Å². The summed E-state index contributed by atoms with van der Waals surface area (Å²) in [6.07, 6.45) is 5.30. The number of carbonyl (C=O) groups excluding carboxylic acids is 1. The molecular weight excluding hydrogens is 521 g/mol. The maximum Gasteiger partial charge on any atom is 0.365 e. The van der Waals surface area contributed by atoms with Crippen LogP contribution in [-0.4, -0.2) is 55.8 Å². The van der Waals surface area contributed by atoms with E-state index in [9.17, 15) is 9.36 Å². The third-order valence-electron chi connectivity index (χ3n) is 5.69. The average molecular weight is 568 g/mol. The summed E-state index contributed by atoms with van der Waals surface area (Å²) in [5.41, 5.74) is 6.47. The molecule has 0 amide bonds. The molecule has 0 saturated heterocycles. The molecule has 13 heteroatoms. The normalized spacial score (nSPS) is 14.4. The van der Waals surface area contributed by atoms with Crippen molar-refractivity contribution < 1.29 is 23.5 Å². The second kappa shape index (κ2) is 14.7. The van der Waals surface area contributed by atoms with Gasteiger partial charge in [-0.3, -0.25) is 9.36 Å². The van der Waals surface area contributed by atoms with Gasteiger partial charge < -0.3 is 24.4 Å². The van der Waals surface area contributed by atoms with Crippen molar-refractivity contribution in [1.82, 2.24) is 24.6 Å². The quantitative estimate of drug-likeness (QED) is 0.0862. The van der Waals surface area contributed by atoms with Crippen molar-refractivity contribution in [3.63, 3.8) is 0 Å². The van der Waals surface area contributed by atoms with E-state index in [1.165, 1.54) is 6.33 Å². The molecule has 39 heavy (non-hydrogen) atoms. The Hall–Kier alpha value is -2.56. The molecule has 0 aliphatic rings. The summed E-state index contributed by atoms with van der Waals surface area (Å²) in [5, 5.41) is 7.19. The molecule has 2 heterocycles. The van der Waals surface area contributed by atoms with Gasteiger partial charge in [0.2, 0.25) is 0 Å². The minimum absolute atomic E-state index is 0.289. The number of fused-ring (bicyclic) bond motifs is 1. The number of hydrogen-bond donors (Lipinski definition) is 2. The van der Waals surface area contributed by atoms with Gasteiger partial charge in [-0.15, -0.1) is 0 Å². The second-order valence-electron chi connectivity index (χ2n) is 11.3. The number of nitrogen functional groups attached to an aromatic ring is 1. The van der Waals surface area contributed by atoms with Crippen LogP contribution >= 0.6 is 7.52 Å². The van der Waals surface area contributed by atoms with Crippen molar-refractivity contribution in [2.24, 2.45) is 17.0 Å². The van der Waals surface area contributed by atoms with E-state index in [1.807, 2.05) is 13.8 Å². The molecule has 0 aliphatic heterocycles. The highest BCUT2D eigenvalue weighted by Crippen LogP contribution is 2.46. The molecule has 0 fully saturated rings. The van der Waals surface area contributed by atoms with Crippen LogP contribution in [0.1, 0.15) is 81.1 Å². The molecule has 12 nitrogen and oxygen atoms in total. The Kier molecular flexibility index (Phi) is 12.3. The predicted octanol–water partition coefficient (Wildman–Crippen LogP) is 5.14. The van der Waals surface area contributed by atoms with Gasteiger partial charge in [-0.1, -0.05) is 46.2 Å². The number of nitrogens with one attached hydrogen (secondary N) is 1. The molecule has 0 aliphatic carbocycles. The molecule has 2 aromatic heterocycles. The molecule has 0 radical (unpaired) electrons. The fourth-order valence-electron chi connectivity index (χ4n) is 3.85. The van der Waals surface area contributed by atoms with Gasteiger partial charge in [0.25, 0.3) is 0 Å². The van der Waals surface area contributed by atoms with Crippen LogP contribution in [0.15, 0.2) is 17.8 Å². The van der Waals surface area contributed by atoms with Crippen molar-refractivity contribution in [1.29, 1.82) is 0 Å². The number of ether oxygens (including phenoxy) is 2. The van der Waals surface area contributed by atoms with Crippen LogP contribution in [0.25, 0.3) is 11.2 Å². The zero-order valence-corrected chi connectivity index (χ0v) is 25.5. The van der Waals surface area contributed by atoms with E-state index in [4.69, 9.17) is 19.8 Å². The molecule has 3 N–H and O–H groups in total. The lowest BCUT2D eigenvalue weighted by atomic mass is 9.99. The number of nitrogens with two attached hydrogens (primary N) is 1. The van der Waals surface area contributed by atoms with E-state index in [0.717, 1.165) is 18.6 Å². The van der Waals surface area contributed by atoms with Gasteiger partial charge in [0.05, 0.1) is 31.3 Å². The van der Waals surface area contributed by atoms with Crippen LogP contribution in [-0.2, 0) is 30.0 Å². The average Bonchev–Trinajstić information content (AvgIpc) is 3.24. The summed E-state index contributed by atoms with van der Waals surface area (Å²) in [6, 6.07) is 0. The number of aromatic nitrogens is 4. The first-order valence-electron chi connectivity index (χ1n) is 13.6. The molecule has 220 valence electrons. The first-order valence-corrected chi connectivity index (χ1v) is 15.4. The highest BCUT2D eigenvalue weighted by molar-refractivity contribution is 7.56. The third kappa shape index (κ3) is 10.5. The fraction of sp³-hybridized carbons (Fsp3) is 0.731. The van der Waals surface area contributed by atoms with Crippen LogP contribution in [0.4, 0.5) is 5.82 Å². The molecular formula is C26H46N7O5P. The van der Waals surface area contributed by atoms with Crippen LogP contribution in [0.5, 0.6) is 0 Å². The van der Waals surface area contributed by atoms with E-state index in [-0.39, 0.29) is 13.0 Å². The first kappa shape index (κ1) is 32.7. The second-order valence-corrected chi connectivity index (χ2v) is 13.3. The number of carbonyl (C=O) groups is 1. The topological polar surface area (TPSA) is 156 Å². The molecule has 2 rings (SSSR count).